The molecule has 1 aromatic heterocycles. The van der Waals surface area contributed by atoms with Gasteiger partial charge in [0.05, 0.1) is 6.54 Å². The Morgan fingerprint density at radius 2 is 2.20 bits per heavy atom. The van der Waals surface area contributed by atoms with Crippen molar-refractivity contribution >= 4 is 0 Å². The maximum atomic E-state index is 5.44. The molecule has 0 saturated heterocycles. The maximum absolute atomic E-state index is 5.44. The number of aromatic nitrogens is 2. The fourth-order valence-corrected chi connectivity index (χ4v) is 1.24. The number of rotatable bonds is 6. The number of nitrogens with zero attached hydrogens (tertiary/aromatic N) is 3. The van der Waals surface area contributed by atoms with Crippen LogP contribution in [0.25, 0.3) is 0 Å². The molecule has 1 heterocycles. The van der Waals surface area contributed by atoms with Crippen molar-refractivity contribution < 1.29 is 4.52 Å². The summed E-state index contributed by atoms with van der Waals surface area (Å²) in [4.78, 5) is 6.44. The summed E-state index contributed by atoms with van der Waals surface area (Å²) in [6, 6.07) is 0. The molecule has 5 nitrogen and oxygen atoms in total. The summed E-state index contributed by atoms with van der Waals surface area (Å²) in [5, 5.41) is 3.91. The van der Waals surface area contributed by atoms with Crippen molar-refractivity contribution in [1.29, 1.82) is 0 Å². The van der Waals surface area contributed by atoms with Crippen LogP contribution in [0.4, 0.5) is 0 Å². The van der Waals surface area contributed by atoms with Gasteiger partial charge in [-0.05, 0) is 26.6 Å². The first-order valence-corrected chi connectivity index (χ1v) is 5.34. The Morgan fingerprint density at radius 1 is 1.47 bits per heavy atom. The number of hydrogen-bond donors (Lipinski definition) is 1. The average Bonchev–Trinajstić information content (AvgIpc) is 2.63. The Balaban J connectivity index is 2.42. The van der Waals surface area contributed by atoms with Crippen LogP contribution in [0.5, 0.6) is 0 Å². The highest BCUT2D eigenvalue weighted by Gasteiger charge is 2.10. The summed E-state index contributed by atoms with van der Waals surface area (Å²) >= 11 is 0. The van der Waals surface area contributed by atoms with Crippen LogP contribution in [-0.4, -0.2) is 35.2 Å². The van der Waals surface area contributed by atoms with Crippen LogP contribution < -0.4 is 5.73 Å². The summed E-state index contributed by atoms with van der Waals surface area (Å²) in [6.07, 6.45) is 0.988. The SMILES string of the molecule is CC(C)c1noc(CN(C)CCCN)n1. The molecule has 2 N–H and O–H groups in total. The van der Waals surface area contributed by atoms with Crippen LogP contribution in [0.15, 0.2) is 4.52 Å². The highest BCUT2D eigenvalue weighted by atomic mass is 16.5. The smallest absolute Gasteiger partial charge is 0.240 e. The van der Waals surface area contributed by atoms with E-state index in [9.17, 15) is 0 Å². The zero-order valence-electron chi connectivity index (χ0n) is 9.73. The van der Waals surface area contributed by atoms with Gasteiger partial charge in [-0.3, -0.25) is 4.90 Å². The molecule has 0 aliphatic heterocycles. The largest absolute Gasteiger partial charge is 0.338 e. The van der Waals surface area contributed by atoms with Crippen LogP contribution in [-0.2, 0) is 6.54 Å². The van der Waals surface area contributed by atoms with E-state index >= 15 is 0 Å². The van der Waals surface area contributed by atoms with Gasteiger partial charge in [0.25, 0.3) is 0 Å². The predicted molar refractivity (Wildman–Crippen MR) is 58.4 cm³/mol. The van der Waals surface area contributed by atoms with E-state index in [2.05, 4.69) is 15.0 Å². The lowest BCUT2D eigenvalue weighted by Crippen LogP contribution is -2.21. The van der Waals surface area contributed by atoms with Gasteiger partial charge < -0.3 is 10.3 Å². The van der Waals surface area contributed by atoms with Crippen molar-refractivity contribution in [2.75, 3.05) is 20.1 Å². The molecule has 0 aliphatic rings. The average molecular weight is 212 g/mol. The minimum absolute atomic E-state index is 0.317. The predicted octanol–water partition coefficient (Wildman–Crippen LogP) is 0.974. The Bertz CT molecular complexity index is 285. The molecule has 0 radical (unpaired) electrons. The van der Waals surface area contributed by atoms with Crippen molar-refractivity contribution in [1.82, 2.24) is 15.0 Å². The molecule has 1 aromatic rings. The highest BCUT2D eigenvalue weighted by Crippen LogP contribution is 2.10. The second-order valence-corrected chi connectivity index (χ2v) is 4.08. The molecule has 0 aliphatic carbocycles. The molecule has 1 rings (SSSR count). The van der Waals surface area contributed by atoms with Crippen LogP contribution >= 0.6 is 0 Å². The Morgan fingerprint density at radius 3 is 2.73 bits per heavy atom. The molecule has 0 fully saturated rings. The zero-order chi connectivity index (χ0) is 11.3. The minimum Gasteiger partial charge on any atom is -0.338 e. The molecular formula is C10H20N4O. The van der Waals surface area contributed by atoms with E-state index in [1.807, 2.05) is 20.9 Å². The van der Waals surface area contributed by atoms with Crippen molar-refractivity contribution in [3.8, 4) is 0 Å². The first kappa shape index (κ1) is 12.1. The molecule has 0 amide bonds. The van der Waals surface area contributed by atoms with Gasteiger partial charge in [0.15, 0.2) is 5.82 Å². The third-order valence-corrected chi connectivity index (χ3v) is 2.15. The van der Waals surface area contributed by atoms with Crippen LogP contribution in [0, 0.1) is 0 Å². The fourth-order valence-electron chi connectivity index (χ4n) is 1.24. The van der Waals surface area contributed by atoms with Gasteiger partial charge in [0.2, 0.25) is 5.89 Å². The van der Waals surface area contributed by atoms with Gasteiger partial charge >= 0.3 is 0 Å². The third kappa shape index (κ3) is 3.97. The van der Waals surface area contributed by atoms with E-state index in [0.29, 0.717) is 24.9 Å². The summed E-state index contributed by atoms with van der Waals surface area (Å²) in [7, 11) is 2.02. The molecule has 0 atom stereocenters. The van der Waals surface area contributed by atoms with E-state index in [1.54, 1.807) is 0 Å². The van der Waals surface area contributed by atoms with Gasteiger partial charge in [0, 0.05) is 5.92 Å². The van der Waals surface area contributed by atoms with Crippen LogP contribution in [0.1, 0.15) is 37.9 Å². The summed E-state index contributed by atoms with van der Waals surface area (Å²) in [6.45, 7) is 6.46. The van der Waals surface area contributed by atoms with Crippen molar-refractivity contribution in [3.05, 3.63) is 11.7 Å². The lowest BCUT2D eigenvalue weighted by molar-refractivity contribution is 0.265. The summed E-state index contributed by atoms with van der Waals surface area (Å²) in [5.74, 6) is 1.77. The van der Waals surface area contributed by atoms with E-state index in [4.69, 9.17) is 10.3 Å². The minimum atomic E-state index is 0.317. The van der Waals surface area contributed by atoms with Gasteiger partial charge in [-0.25, -0.2) is 0 Å². The lowest BCUT2D eigenvalue weighted by Gasteiger charge is -2.12. The van der Waals surface area contributed by atoms with Crippen molar-refractivity contribution in [2.24, 2.45) is 5.73 Å². The molecule has 15 heavy (non-hydrogen) atoms. The van der Waals surface area contributed by atoms with E-state index in [-0.39, 0.29) is 0 Å². The van der Waals surface area contributed by atoms with Gasteiger partial charge in [0.1, 0.15) is 0 Å². The monoisotopic (exact) mass is 212 g/mol. The zero-order valence-corrected chi connectivity index (χ0v) is 9.73. The molecule has 0 aromatic carbocycles. The maximum Gasteiger partial charge on any atom is 0.240 e. The van der Waals surface area contributed by atoms with E-state index in [0.717, 1.165) is 18.8 Å². The first-order valence-electron chi connectivity index (χ1n) is 5.34. The molecule has 0 spiro atoms. The molecule has 5 heteroatoms. The fraction of sp³-hybridized carbons (Fsp3) is 0.800. The van der Waals surface area contributed by atoms with Crippen molar-refractivity contribution in [3.63, 3.8) is 0 Å². The number of nitrogens with two attached hydrogens (primary N) is 1. The third-order valence-electron chi connectivity index (χ3n) is 2.15. The Kier molecular flexibility index (Phi) is 4.71. The van der Waals surface area contributed by atoms with Gasteiger partial charge in [-0.15, -0.1) is 0 Å². The summed E-state index contributed by atoms with van der Waals surface area (Å²) in [5.41, 5.74) is 5.44. The molecular weight excluding hydrogens is 192 g/mol. The Hall–Kier alpha value is -0.940. The van der Waals surface area contributed by atoms with E-state index in [1.165, 1.54) is 0 Å². The van der Waals surface area contributed by atoms with Crippen LogP contribution in [0.3, 0.4) is 0 Å². The molecule has 0 saturated carbocycles. The molecule has 0 bridgehead atoms. The first-order chi connectivity index (χ1) is 7.13. The van der Waals surface area contributed by atoms with Gasteiger partial charge in [-0.1, -0.05) is 19.0 Å². The van der Waals surface area contributed by atoms with Gasteiger partial charge in [-0.2, -0.15) is 4.98 Å². The second kappa shape index (κ2) is 5.82. The quantitative estimate of drug-likeness (QED) is 0.761. The normalized spacial score (nSPS) is 11.6. The summed E-state index contributed by atoms with van der Waals surface area (Å²) < 4.78 is 5.14. The standard InChI is InChI=1S/C10H20N4O/c1-8(2)10-12-9(15-13-10)7-14(3)6-4-5-11/h8H,4-7,11H2,1-3H3. The second-order valence-electron chi connectivity index (χ2n) is 4.08. The Labute approximate surface area is 90.6 Å². The highest BCUT2D eigenvalue weighted by molar-refractivity contribution is 4.91. The molecule has 0 unspecified atom stereocenters. The van der Waals surface area contributed by atoms with Crippen molar-refractivity contribution in [2.45, 2.75) is 32.7 Å². The van der Waals surface area contributed by atoms with E-state index < -0.39 is 0 Å². The van der Waals surface area contributed by atoms with Crippen LogP contribution in [0.2, 0.25) is 0 Å². The number of hydrogen-bond acceptors (Lipinski definition) is 5. The lowest BCUT2D eigenvalue weighted by atomic mass is 10.2. The topological polar surface area (TPSA) is 68.2 Å². The molecule has 86 valence electrons.